The van der Waals surface area contributed by atoms with Crippen LogP contribution in [0.1, 0.15) is 99.3 Å². The zero-order chi connectivity index (χ0) is 20.9. The predicted octanol–water partition coefficient (Wildman–Crippen LogP) is 6.61. The second-order valence-electron chi connectivity index (χ2n) is 9.92. The van der Waals surface area contributed by atoms with Crippen molar-refractivity contribution in [2.24, 2.45) is 11.3 Å². The molecule has 0 saturated carbocycles. The van der Waals surface area contributed by atoms with Gasteiger partial charge in [0.15, 0.2) is 0 Å². The molecule has 0 aromatic rings. The first-order valence-electron chi connectivity index (χ1n) is 11.0. The number of carboxylic acid groups (broad SMARTS) is 1. The third kappa shape index (κ3) is 6.18. The molecule has 0 radical (unpaired) electrons. The monoisotopic (exact) mass is 392 g/mol. The van der Waals surface area contributed by atoms with Crippen LogP contribution in [0.3, 0.4) is 0 Å². The fraction of sp³-hybridized carbons (Fsp3) is 0.792. The number of rotatable bonds is 8. The summed E-state index contributed by atoms with van der Waals surface area (Å²) in [5.41, 5.74) is 4.75. The maximum Gasteiger partial charge on any atom is 0.308 e. The minimum atomic E-state index is -0.831. The molecule has 0 amide bonds. The molecule has 0 spiro atoms. The van der Waals surface area contributed by atoms with Gasteiger partial charge >= 0.3 is 5.97 Å². The third-order valence-electron chi connectivity index (χ3n) is 6.90. The Morgan fingerprint density at radius 3 is 2.61 bits per heavy atom. The van der Waals surface area contributed by atoms with Gasteiger partial charge in [0, 0.05) is 0 Å². The molecule has 28 heavy (non-hydrogen) atoms. The molecule has 1 aliphatic carbocycles. The molecule has 4 heteroatoms. The summed E-state index contributed by atoms with van der Waals surface area (Å²) in [6.45, 7) is 13.1. The molecule has 0 bridgehead atoms. The van der Waals surface area contributed by atoms with E-state index in [0.29, 0.717) is 5.41 Å². The van der Waals surface area contributed by atoms with E-state index in [2.05, 4.69) is 40.7 Å². The maximum absolute atomic E-state index is 11.1. The molecule has 160 valence electrons. The number of aliphatic carboxylic acids is 1. The lowest BCUT2D eigenvalue weighted by Gasteiger charge is -2.37. The van der Waals surface area contributed by atoms with Crippen molar-refractivity contribution in [3.8, 4) is 0 Å². The summed E-state index contributed by atoms with van der Waals surface area (Å²) in [5.74, 6) is -1.37. The Kier molecular flexibility index (Phi) is 7.92. The number of carboxylic acids is 1. The average Bonchev–Trinajstić information content (AvgIpc) is 2.60. The Labute approximate surface area is 171 Å². The van der Waals surface area contributed by atoms with E-state index in [4.69, 9.17) is 14.9 Å². The third-order valence-corrected chi connectivity index (χ3v) is 6.90. The van der Waals surface area contributed by atoms with Crippen molar-refractivity contribution in [2.45, 2.75) is 111 Å². The second kappa shape index (κ2) is 9.58. The summed E-state index contributed by atoms with van der Waals surface area (Å²) >= 11 is 0. The largest absolute Gasteiger partial charge is 0.481 e. The Hall–Kier alpha value is -1.13. The fourth-order valence-corrected chi connectivity index (χ4v) is 4.65. The summed E-state index contributed by atoms with van der Waals surface area (Å²) in [6, 6.07) is 0. The van der Waals surface area contributed by atoms with Crippen LogP contribution in [0.4, 0.5) is 0 Å². The van der Waals surface area contributed by atoms with Crippen LogP contribution in [0.2, 0.25) is 0 Å². The topological polar surface area (TPSA) is 55.8 Å². The number of hydrogen-bond donors (Lipinski definition) is 1. The van der Waals surface area contributed by atoms with E-state index in [9.17, 15) is 4.79 Å². The first-order chi connectivity index (χ1) is 13.0. The molecule has 2 aliphatic rings. The molecule has 1 saturated heterocycles. The first-order valence-corrected chi connectivity index (χ1v) is 11.0. The van der Waals surface area contributed by atoms with Gasteiger partial charge in [0.1, 0.15) is 11.7 Å². The molecular weight excluding hydrogens is 352 g/mol. The standard InChI is InChI=1S/C24H40O4/c1-17(11-12-20-18(2)10-8-14-23(20,4)5)9-7-15-24(6)16-13-21(27-28-24)19(3)22(25)26/h9,19,21H,7-8,10-16H2,1-6H3,(H,25,26)/t19-,21?,24?/m0/s1. The van der Waals surface area contributed by atoms with Gasteiger partial charge in [-0.05, 0) is 90.9 Å². The number of hydrogen-bond acceptors (Lipinski definition) is 3. The predicted molar refractivity (Wildman–Crippen MR) is 113 cm³/mol. The van der Waals surface area contributed by atoms with Gasteiger partial charge in [-0.25, -0.2) is 9.78 Å². The van der Waals surface area contributed by atoms with Crippen molar-refractivity contribution < 1.29 is 19.7 Å². The molecule has 0 aromatic heterocycles. The van der Waals surface area contributed by atoms with Crippen LogP contribution < -0.4 is 0 Å². The van der Waals surface area contributed by atoms with E-state index in [0.717, 1.165) is 32.1 Å². The maximum atomic E-state index is 11.1. The van der Waals surface area contributed by atoms with E-state index >= 15 is 0 Å². The van der Waals surface area contributed by atoms with Crippen molar-refractivity contribution >= 4 is 5.97 Å². The molecular formula is C24H40O4. The zero-order valence-corrected chi connectivity index (χ0v) is 18.8. The number of carbonyl (C=O) groups is 1. The SMILES string of the molecule is CC(=CCCC1(C)CCC([C@H](C)C(=O)O)OO1)CCC1=C(C)CCCC1(C)C. The van der Waals surface area contributed by atoms with Gasteiger partial charge in [0.05, 0.1) is 5.92 Å². The number of allylic oxidation sites excluding steroid dienone is 4. The van der Waals surface area contributed by atoms with E-state index in [1.807, 2.05) is 0 Å². The lowest BCUT2D eigenvalue weighted by atomic mass is 9.71. The van der Waals surface area contributed by atoms with Crippen molar-refractivity contribution in [1.29, 1.82) is 0 Å². The van der Waals surface area contributed by atoms with Crippen LogP contribution in [-0.2, 0) is 14.6 Å². The Morgan fingerprint density at radius 1 is 1.32 bits per heavy atom. The minimum absolute atomic E-state index is 0.323. The average molecular weight is 393 g/mol. The molecule has 1 N–H and O–H groups in total. The van der Waals surface area contributed by atoms with E-state index in [1.165, 1.54) is 31.3 Å². The summed E-state index contributed by atoms with van der Waals surface area (Å²) < 4.78 is 0. The molecule has 3 atom stereocenters. The highest BCUT2D eigenvalue weighted by atomic mass is 17.2. The first kappa shape index (κ1) is 23.2. The van der Waals surface area contributed by atoms with Gasteiger partial charge in [-0.15, -0.1) is 0 Å². The van der Waals surface area contributed by atoms with Crippen LogP contribution in [0.25, 0.3) is 0 Å². The lowest BCUT2D eigenvalue weighted by molar-refractivity contribution is -0.411. The molecule has 2 unspecified atom stereocenters. The van der Waals surface area contributed by atoms with E-state index in [-0.39, 0.29) is 11.7 Å². The van der Waals surface area contributed by atoms with Crippen molar-refractivity contribution in [3.05, 3.63) is 22.8 Å². The van der Waals surface area contributed by atoms with E-state index < -0.39 is 11.9 Å². The van der Waals surface area contributed by atoms with Gasteiger partial charge in [-0.2, -0.15) is 0 Å². The Balaban J connectivity index is 1.79. The van der Waals surface area contributed by atoms with Crippen LogP contribution in [-0.4, -0.2) is 22.8 Å². The van der Waals surface area contributed by atoms with Gasteiger partial charge in [-0.1, -0.05) is 36.6 Å². The molecule has 1 heterocycles. The summed E-state index contributed by atoms with van der Waals surface area (Å²) in [6.07, 6.45) is 11.6. The van der Waals surface area contributed by atoms with Crippen molar-refractivity contribution in [2.75, 3.05) is 0 Å². The Morgan fingerprint density at radius 2 is 2.04 bits per heavy atom. The van der Waals surface area contributed by atoms with Crippen molar-refractivity contribution in [3.63, 3.8) is 0 Å². The highest BCUT2D eigenvalue weighted by Gasteiger charge is 2.37. The van der Waals surface area contributed by atoms with E-state index in [1.54, 1.807) is 18.1 Å². The van der Waals surface area contributed by atoms with Crippen LogP contribution >= 0.6 is 0 Å². The smallest absolute Gasteiger partial charge is 0.308 e. The van der Waals surface area contributed by atoms with Gasteiger partial charge in [-0.3, -0.25) is 4.79 Å². The molecule has 4 nitrogen and oxygen atoms in total. The lowest BCUT2D eigenvalue weighted by Crippen LogP contribution is -2.41. The summed E-state index contributed by atoms with van der Waals surface area (Å²) in [7, 11) is 0. The van der Waals surface area contributed by atoms with Crippen LogP contribution in [0, 0.1) is 11.3 Å². The van der Waals surface area contributed by atoms with Crippen LogP contribution in [0.5, 0.6) is 0 Å². The van der Waals surface area contributed by atoms with Crippen LogP contribution in [0.15, 0.2) is 22.8 Å². The Bertz CT molecular complexity index is 606. The molecule has 2 rings (SSSR count). The summed E-state index contributed by atoms with van der Waals surface area (Å²) in [5, 5.41) is 9.11. The second-order valence-corrected chi connectivity index (χ2v) is 9.92. The normalized spacial score (nSPS) is 29.6. The molecule has 1 fully saturated rings. The summed E-state index contributed by atoms with van der Waals surface area (Å²) in [4.78, 5) is 22.2. The molecule has 1 aliphatic heterocycles. The zero-order valence-electron chi connectivity index (χ0n) is 18.8. The highest BCUT2D eigenvalue weighted by Crippen LogP contribution is 2.42. The van der Waals surface area contributed by atoms with Crippen molar-refractivity contribution in [1.82, 2.24) is 0 Å². The molecule has 0 aromatic carbocycles. The fourth-order valence-electron chi connectivity index (χ4n) is 4.65. The van der Waals surface area contributed by atoms with Gasteiger partial charge in [0.2, 0.25) is 0 Å². The quantitative estimate of drug-likeness (QED) is 0.373. The highest BCUT2D eigenvalue weighted by molar-refractivity contribution is 5.70. The van der Waals surface area contributed by atoms with Gasteiger partial charge in [0.25, 0.3) is 0 Å². The van der Waals surface area contributed by atoms with Gasteiger partial charge < -0.3 is 5.11 Å². The minimum Gasteiger partial charge on any atom is -0.481 e.